The Labute approximate surface area is 166 Å². The van der Waals surface area contributed by atoms with Crippen LogP contribution in [0.5, 0.6) is 5.75 Å². The van der Waals surface area contributed by atoms with E-state index in [1.165, 1.54) is 24.3 Å². The monoisotopic (exact) mass is 405 g/mol. The van der Waals surface area contributed by atoms with Crippen molar-refractivity contribution >= 4 is 21.6 Å². The standard InChI is InChI=1S/C20H27N3O4S/c1-14-11-15(2)13-18(12-14)27-10-9-23(4)16(3)20(24)22-17-5-7-19(8-6-17)28(21,25)26/h5-8,11-13,16H,9-10H2,1-4H3,(H,22,24)(H2,21,25,26). The maximum atomic E-state index is 12.4. The number of amides is 1. The number of rotatable bonds is 8. The molecule has 2 aromatic carbocycles. The predicted octanol–water partition coefficient (Wildman–Crippen LogP) is 2.29. The zero-order valence-electron chi connectivity index (χ0n) is 16.6. The van der Waals surface area contributed by atoms with Crippen molar-refractivity contribution in [2.75, 3.05) is 25.5 Å². The number of nitrogens with one attached hydrogen (secondary N) is 1. The highest BCUT2D eigenvalue weighted by molar-refractivity contribution is 7.89. The number of nitrogens with zero attached hydrogens (tertiary/aromatic N) is 1. The molecule has 152 valence electrons. The number of ether oxygens (including phenoxy) is 1. The van der Waals surface area contributed by atoms with Gasteiger partial charge in [0.1, 0.15) is 12.4 Å². The van der Waals surface area contributed by atoms with Crippen molar-refractivity contribution in [2.24, 2.45) is 5.14 Å². The number of aryl methyl sites for hydroxylation is 2. The van der Waals surface area contributed by atoms with Crippen molar-refractivity contribution in [2.45, 2.75) is 31.7 Å². The van der Waals surface area contributed by atoms with Crippen LogP contribution in [0.3, 0.4) is 0 Å². The first-order valence-electron chi connectivity index (χ1n) is 8.91. The average molecular weight is 406 g/mol. The van der Waals surface area contributed by atoms with E-state index in [4.69, 9.17) is 9.88 Å². The van der Waals surface area contributed by atoms with Gasteiger partial charge in [-0.25, -0.2) is 13.6 Å². The Morgan fingerprint density at radius 2 is 1.71 bits per heavy atom. The van der Waals surface area contributed by atoms with Gasteiger partial charge in [0.05, 0.1) is 10.9 Å². The number of primary sulfonamides is 1. The highest BCUT2D eigenvalue weighted by Crippen LogP contribution is 2.16. The summed E-state index contributed by atoms with van der Waals surface area (Å²) in [6.07, 6.45) is 0. The summed E-state index contributed by atoms with van der Waals surface area (Å²) in [5, 5.41) is 7.83. The normalized spacial score (nSPS) is 12.6. The summed E-state index contributed by atoms with van der Waals surface area (Å²) in [5.74, 6) is 0.621. The van der Waals surface area contributed by atoms with Gasteiger partial charge < -0.3 is 10.1 Å². The van der Waals surface area contributed by atoms with E-state index in [-0.39, 0.29) is 16.8 Å². The van der Waals surface area contributed by atoms with Gasteiger partial charge in [0.25, 0.3) is 0 Å². The molecule has 28 heavy (non-hydrogen) atoms. The van der Waals surface area contributed by atoms with Crippen LogP contribution in [0.4, 0.5) is 5.69 Å². The van der Waals surface area contributed by atoms with E-state index in [9.17, 15) is 13.2 Å². The van der Waals surface area contributed by atoms with Crippen LogP contribution in [0.1, 0.15) is 18.1 Å². The molecule has 7 nitrogen and oxygen atoms in total. The SMILES string of the molecule is Cc1cc(C)cc(OCCN(C)C(C)C(=O)Nc2ccc(S(N)(=O)=O)cc2)c1. The molecule has 0 heterocycles. The lowest BCUT2D eigenvalue weighted by molar-refractivity contribution is -0.120. The van der Waals surface area contributed by atoms with Gasteiger partial charge in [-0.05, 0) is 75.3 Å². The molecule has 2 rings (SSSR count). The summed E-state index contributed by atoms with van der Waals surface area (Å²) in [7, 11) is -1.90. The zero-order valence-corrected chi connectivity index (χ0v) is 17.4. The number of anilines is 1. The van der Waals surface area contributed by atoms with Crippen LogP contribution >= 0.6 is 0 Å². The first-order valence-corrected chi connectivity index (χ1v) is 10.5. The number of hydrogen-bond donors (Lipinski definition) is 2. The van der Waals surface area contributed by atoms with Crippen LogP contribution in [0, 0.1) is 13.8 Å². The number of hydrogen-bond acceptors (Lipinski definition) is 5. The van der Waals surface area contributed by atoms with Crippen molar-refractivity contribution < 1.29 is 17.9 Å². The quantitative estimate of drug-likeness (QED) is 0.702. The molecule has 0 aliphatic carbocycles. The van der Waals surface area contributed by atoms with Crippen LogP contribution < -0.4 is 15.2 Å². The van der Waals surface area contributed by atoms with Crippen molar-refractivity contribution in [3.63, 3.8) is 0 Å². The third-order valence-corrected chi connectivity index (χ3v) is 5.33. The van der Waals surface area contributed by atoms with Crippen molar-refractivity contribution in [1.29, 1.82) is 0 Å². The van der Waals surface area contributed by atoms with Crippen molar-refractivity contribution in [1.82, 2.24) is 4.90 Å². The summed E-state index contributed by atoms with van der Waals surface area (Å²) < 4.78 is 28.3. The van der Waals surface area contributed by atoms with Gasteiger partial charge in [-0.3, -0.25) is 9.69 Å². The van der Waals surface area contributed by atoms with Crippen LogP contribution in [0.15, 0.2) is 47.4 Å². The van der Waals surface area contributed by atoms with Crippen LogP contribution in [-0.4, -0.2) is 45.5 Å². The number of likely N-dealkylation sites (N-methyl/N-ethyl adjacent to an activating group) is 1. The smallest absolute Gasteiger partial charge is 0.241 e. The van der Waals surface area contributed by atoms with Crippen molar-refractivity contribution in [3.8, 4) is 5.75 Å². The van der Waals surface area contributed by atoms with Gasteiger partial charge >= 0.3 is 0 Å². The number of nitrogens with two attached hydrogens (primary N) is 1. The molecule has 0 bridgehead atoms. The van der Waals surface area contributed by atoms with Crippen LogP contribution in [0.25, 0.3) is 0 Å². The Kier molecular flexibility index (Phi) is 7.17. The molecule has 0 saturated heterocycles. The Hall–Kier alpha value is -2.42. The van der Waals surface area contributed by atoms with Crippen molar-refractivity contribution in [3.05, 3.63) is 53.6 Å². The molecule has 1 unspecified atom stereocenters. The van der Waals surface area contributed by atoms with E-state index in [0.29, 0.717) is 18.8 Å². The highest BCUT2D eigenvalue weighted by atomic mass is 32.2. The zero-order chi connectivity index (χ0) is 20.9. The van der Waals surface area contributed by atoms with Crippen LogP contribution in [-0.2, 0) is 14.8 Å². The summed E-state index contributed by atoms with van der Waals surface area (Å²) in [6, 6.07) is 11.4. The Morgan fingerprint density at radius 1 is 1.14 bits per heavy atom. The van der Waals surface area contributed by atoms with E-state index in [0.717, 1.165) is 16.9 Å². The largest absolute Gasteiger partial charge is 0.492 e. The number of carbonyl (C=O) groups is 1. The highest BCUT2D eigenvalue weighted by Gasteiger charge is 2.18. The Balaban J connectivity index is 1.86. The summed E-state index contributed by atoms with van der Waals surface area (Å²) in [6.45, 7) is 6.87. The summed E-state index contributed by atoms with van der Waals surface area (Å²) >= 11 is 0. The molecular formula is C20H27N3O4S. The fraction of sp³-hybridized carbons (Fsp3) is 0.350. The number of carbonyl (C=O) groups excluding carboxylic acids is 1. The molecule has 3 N–H and O–H groups in total. The van der Waals surface area contributed by atoms with E-state index in [2.05, 4.69) is 11.4 Å². The first kappa shape index (κ1) is 21.9. The van der Waals surface area contributed by atoms with Gasteiger partial charge in [-0.2, -0.15) is 0 Å². The minimum Gasteiger partial charge on any atom is -0.492 e. The van der Waals surface area contributed by atoms with E-state index in [1.54, 1.807) is 6.92 Å². The first-order chi connectivity index (χ1) is 13.1. The molecule has 1 amide bonds. The van der Waals surface area contributed by atoms with Gasteiger partial charge in [-0.1, -0.05) is 6.07 Å². The maximum Gasteiger partial charge on any atom is 0.241 e. The fourth-order valence-electron chi connectivity index (χ4n) is 2.69. The molecule has 0 aliphatic heterocycles. The van der Waals surface area contributed by atoms with Gasteiger partial charge in [0, 0.05) is 12.2 Å². The molecule has 2 aromatic rings. The van der Waals surface area contributed by atoms with E-state index in [1.807, 2.05) is 37.9 Å². The molecule has 0 saturated carbocycles. The maximum absolute atomic E-state index is 12.4. The Morgan fingerprint density at radius 3 is 2.25 bits per heavy atom. The van der Waals surface area contributed by atoms with Crippen LogP contribution in [0.2, 0.25) is 0 Å². The number of benzene rings is 2. The molecule has 0 fully saturated rings. The van der Waals surface area contributed by atoms with Gasteiger partial charge in [0.2, 0.25) is 15.9 Å². The Bertz CT molecular complexity index is 907. The van der Waals surface area contributed by atoms with E-state index < -0.39 is 10.0 Å². The molecule has 0 aromatic heterocycles. The lowest BCUT2D eigenvalue weighted by Crippen LogP contribution is -2.41. The second kappa shape index (κ2) is 9.18. The topological polar surface area (TPSA) is 102 Å². The predicted molar refractivity (Wildman–Crippen MR) is 110 cm³/mol. The lowest BCUT2D eigenvalue weighted by atomic mass is 10.1. The van der Waals surface area contributed by atoms with E-state index >= 15 is 0 Å². The third kappa shape index (κ3) is 6.33. The molecule has 0 aliphatic rings. The minimum absolute atomic E-state index is 0.000741. The molecular weight excluding hydrogens is 378 g/mol. The number of sulfonamides is 1. The second-order valence-corrected chi connectivity index (χ2v) is 8.45. The second-order valence-electron chi connectivity index (χ2n) is 6.89. The molecule has 0 spiro atoms. The molecule has 8 heteroatoms. The lowest BCUT2D eigenvalue weighted by Gasteiger charge is -2.24. The van der Waals surface area contributed by atoms with Gasteiger partial charge in [-0.15, -0.1) is 0 Å². The fourth-order valence-corrected chi connectivity index (χ4v) is 3.21. The summed E-state index contributed by atoms with van der Waals surface area (Å²) in [5.41, 5.74) is 2.79. The van der Waals surface area contributed by atoms with Gasteiger partial charge in [0.15, 0.2) is 0 Å². The minimum atomic E-state index is -3.75. The summed E-state index contributed by atoms with van der Waals surface area (Å²) in [4.78, 5) is 14.3. The molecule has 0 radical (unpaired) electrons. The third-order valence-electron chi connectivity index (χ3n) is 4.40. The molecule has 1 atom stereocenters. The average Bonchev–Trinajstić information content (AvgIpc) is 2.59.